The van der Waals surface area contributed by atoms with Crippen LogP contribution in [-0.4, -0.2) is 41.8 Å². The van der Waals surface area contributed by atoms with E-state index in [0.717, 1.165) is 11.1 Å². The van der Waals surface area contributed by atoms with Gasteiger partial charge in [0.05, 0.1) is 17.0 Å². The van der Waals surface area contributed by atoms with E-state index in [4.69, 9.17) is 0 Å². The number of nitrogens with one attached hydrogen (secondary N) is 2. The molecule has 1 aliphatic rings. The maximum absolute atomic E-state index is 12.6. The summed E-state index contributed by atoms with van der Waals surface area (Å²) in [6.45, 7) is 0. The Balaban J connectivity index is 1.66. The molecule has 8 heteroatoms. The summed E-state index contributed by atoms with van der Waals surface area (Å²) in [5.74, 6) is 0.116. The maximum Gasteiger partial charge on any atom is 0.289 e. The predicted octanol–water partition coefficient (Wildman–Crippen LogP) is 2.29. The quantitative estimate of drug-likeness (QED) is 0.718. The molecule has 0 saturated carbocycles. The highest BCUT2D eigenvalue weighted by molar-refractivity contribution is 7.91. The lowest BCUT2D eigenvalue weighted by Crippen LogP contribution is -2.36. The number of hydrogen-bond donors (Lipinski definition) is 2. The van der Waals surface area contributed by atoms with E-state index in [1.54, 1.807) is 0 Å². The number of rotatable bonds is 4. The number of carbonyl (C=O) groups is 1. The van der Waals surface area contributed by atoms with E-state index in [2.05, 4.69) is 20.6 Å². The zero-order chi connectivity index (χ0) is 18.9. The Morgan fingerprint density at radius 3 is 2.48 bits per heavy atom. The molecule has 1 atom stereocenters. The minimum absolute atomic E-state index is 0.0106. The molecule has 1 unspecified atom stereocenters. The van der Waals surface area contributed by atoms with Crippen molar-refractivity contribution in [2.24, 2.45) is 0 Å². The molecule has 2 aromatic carbocycles. The van der Waals surface area contributed by atoms with Crippen molar-refractivity contribution in [1.29, 1.82) is 0 Å². The van der Waals surface area contributed by atoms with E-state index < -0.39 is 21.8 Å². The Morgan fingerprint density at radius 2 is 1.74 bits per heavy atom. The molecule has 2 heterocycles. The van der Waals surface area contributed by atoms with Crippen molar-refractivity contribution in [3.05, 3.63) is 60.4 Å². The number of carbonyl (C=O) groups excluding carboxylic acids is 1. The van der Waals surface area contributed by atoms with Crippen molar-refractivity contribution in [3.8, 4) is 0 Å². The third kappa shape index (κ3) is 3.90. The fourth-order valence-electron chi connectivity index (χ4n) is 3.09. The number of anilines is 2. The molecule has 1 fully saturated rings. The van der Waals surface area contributed by atoms with Crippen LogP contribution < -0.4 is 10.6 Å². The van der Waals surface area contributed by atoms with Crippen molar-refractivity contribution in [2.45, 2.75) is 12.5 Å². The van der Waals surface area contributed by atoms with Gasteiger partial charge in [0.1, 0.15) is 5.82 Å². The second-order valence-corrected chi connectivity index (χ2v) is 8.71. The highest BCUT2D eigenvalue weighted by Gasteiger charge is 2.29. The number of sulfone groups is 1. The summed E-state index contributed by atoms with van der Waals surface area (Å²) in [6.07, 6.45) is 0.413. The van der Waals surface area contributed by atoms with Crippen LogP contribution in [0.2, 0.25) is 0 Å². The minimum Gasteiger partial charge on any atom is -0.346 e. The van der Waals surface area contributed by atoms with E-state index in [-0.39, 0.29) is 17.3 Å². The van der Waals surface area contributed by atoms with Crippen LogP contribution in [0.4, 0.5) is 11.5 Å². The molecule has 0 spiro atoms. The fourth-order valence-corrected chi connectivity index (χ4v) is 4.76. The smallest absolute Gasteiger partial charge is 0.289 e. The maximum atomic E-state index is 12.6. The first-order chi connectivity index (χ1) is 13.0. The molecule has 1 aliphatic heterocycles. The number of benzene rings is 2. The molecule has 0 radical (unpaired) electrons. The lowest BCUT2D eigenvalue weighted by atomic mass is 10.2. The van der Waals surface area contributed by atoms with Crippen LogP contribution in [0.3, 0.4) is 0 Å². The molecule has 7 nitrogen and oxygen atoms in total. The Hall–Kier alpha value is -3.00. The summed E-state index contributed by atoms with van der Waals surface area (Å²) in [7, 11) is -3.07. The third-order valence-corrected chi connectivity index (χ3v) is 6.18. The van der Waals surface area contributed by atoms with Gasteiger partial charge in [0.15, 0.2) is 9.84 Å². The van der Waals surface area contributed by atoms with Crippen LogP contribution >= 0.6 is 0 Å². The van der Waals surface area contributed by atoms with Gasteiger partial charge in [0.25, 0.3) is 5.91 Å². The molecule has 138 valence electrons. The number of aromatic nitrogens is 2. The topological polar surface area (TPSA) is 101 Å². The van der Waals surface area contributed by atoms with Gasteiger partial charge in [-0.15, -0.1) is 0 Å². The minimum atomic E-state index is -3.07. The largest absolute Gasteiger partial charge is 0.346 e. The average Bonchev–Trinajstić information content (AvgIpc) is 3.01. The van der Waals surface area contributed by atoms with E-state index >= 15 is 0 Å². The second-order valence-electron chi connectivity index (χ2n) is 6.48. The first kappa shape index (κ1) is 17.4. The predicted molar refractivity (Wildman–Crippen MR) is 104 cm³/mol. The SMILES string of the molecule is O=C(NC1CCS(=O)(=O)C1)c1nc(Nc2ccccc2)c2ccccc2n1. The van der Waals surface area contributed by atoms with Gasteiger partial charge in [-0.05, 0) is 30.7 Å². The normalized spacial score (nSPS) is 18.3. The van der Waals surface area contributed by atoms with Crippen molar-refractivity contribution >= 4 is 38.2 Å². The number of hydrogen-bond acceptors (Lipinski definition) is 6. The van der Waals surface area contributed by atoms with Crippen LogP contribution in [0.1, 0.15) is 17.0 Å². The molecular formula is C19H18N4O3S. The summed E-state index contributed by atoms with van der Waals surface area (Å²) >= 11 is 0. The van der Waals surface area contributed by atoms with Gasteiger partial charge >= 0.3 is 0 Å². The van der Waals surface area contributed by atoms with E-state index in [0.29, 0.717) is 17.8 Å². The van der Waals surface area contributed by atoms with Crippen LogP contribution in [0.25, 0.3) is 10.9 Å². The highest BCUT2D eigenvalue weighted by atomic mass is 32.2. The molecular weight excluding hydrogens is 364 g/mol. The first-order valence-electron chi connectivity index (χ1n) is 8.60. The zero-order valence-electron chi connectivity index (χ0n) is 14.4. The molecule has 3 aromatic rings. The third-order valence-electron chi connectivity index (χ3n) is 4.41. The van der Waals surface area contributed by atoms with Gasteiger partial charge in [0.2, 0.25) is 5.82 Å². The van der Waals surface area contributed by atoms with Crippen LogP contribution in [0, 0.1) is 0 Å². The molecule has 1 saturated heterocycles. The van der Waals surface area contributed by atoms with Crippen molar-refractivity contribution in [3.63, 3.8) is 0 Å². The molecule has 4 rings (SSSR count). The molecule has 1 aromatic heterocycles. The van der Waals surface area contributed by atoms with Crippen molar-refractivity contribution < 1.29 is 13.2 Å². The number of nitrogens with zero attached hydrogens (tertiary/aromatic N) is 2. The van der Waals surface area contributed by atoms with Gasteiger partial charge in [-0.3, -0.25) is 4.79 Å². The Kier molecular flexibility index (Phi) is 4.49. The van der Waals surface area contributed by atoms with Crippen molar-refractivity contribution in [2.75, 3.05) is 16.8 Å². The summed E-state index contributed by atoms with van der Waals surface area (Å²) in [5.41, 5.74) is 1.48. The van der Waals surface area contributed by atoms with Crippen LogP contribution in [0.5, 0.6) is 0 Å². The molecule has 0 bridgehead atoms. The summed E-state index contributed by atoms with van der Waals surface area (Å²) in [6, 6.07) is 16.5. The molecule has 2 N–H and O–H groups in total. The zero-order valence-corrected chi connectivity index (χ0v) is 15.2. The lowest BCUT2D eigenvalue weighted by Gasteiger charge is -2.13. The molecule has 1 amide bonds. The molecule has 27 heavy (non-hydrogen) atoms. The monoisotopic (exact) mass is 382 g/mol. The highest BCUT2D eigenvalue weighted by Crippen LogP contribution is 2.24. The summed E-state index contributed by atoms with van der Waals surface area (Å²) < 4.78 is 23.2. The van der Waals surface area contributed by atoms with Gasteiger partial charge in [-0.2, -0.15) is 0 Å². The Labute approximate surface area is 156 Å². The lowest BCUT2D eigenvalue weighted by molar-refractivity contribution is 0.0931. The van der Waals surface area contributed by atoms with Gasteiger partial charge in [-0.25, -0.2) is 18.4 Å². The van der Waals surface area contributed by atoms with E-state index in [1.807, 2.05) is 54.6 Å². The Bertz CT molecular complexity index is 1100. The number of fused-ring (bicyclic) bond motifs is 1. The average molecular weight is 382 g/mol. The van der Waals surface area contributed by atoms with Gasteiger partial charge in [0, 0.05) is 17.1 Å². The van der Waals surface area contributed by atoms with E-state index in [9.17, 15) is 13.2 Å². The summed E-state index contributed by atoms with van der Waals surface area (Å²) in [5, 5.41) is 6.75. The number of para-hydroxylation sites is 2. The van der Waals surface area contributed by atoms with Crippen molar-refractivity contribution in [1.82, 2.24) is 15.3 Å². The van der Waals surface area contributed by atoms with Gasteiger partial charge < -0.3 is 10.6 Å². The Morgan fingerprint density at radius 1 is 1.00 bits per heavy atom. The van der Waals surface area contributed by atoms with Crippen LogP contribution in [0.15, 0.2) is 54.6 Å². The van der Waals surface area contributed by atoms with Crippen LogP contribution in [-0.2, 0) is 9.84 Å². The second kappa shape index (κ2) is 6.96. The number of amides is 1. The fraction of sp³-hybridized carbons (Fsp3) is 0.211. The first-order valence-corrected chi connectivity index (χ1v) is 10.4. The summed E-state index contributed by atoms with van der Waals surface area (Å²) in [4.78, 5) is 21.3. The molecule has 0 aliphatic carbocycles. The standard InChI is InChI=1S/C19H18N4O3S/c24-19(21-14-10-11-27(25,26)12-14)18-22-16-9-5-4-8-15(16)17(23-18)20-13-6-2-1-3-7-13/h1-9,14H,10-12H2,(H,21,24)(H,20,22,23). The van der Waals surface area contributed by atoms with E-state index in [1.165, 1.54) is 0 Å². The van der Waals surface area contributed by atoms with Gasteiger partial charge in [-0.1, -0.05) is 30.3 Å².